The Morgan fingerprint density at radius 2 is 0.780 bits per heavy atom. The van der Waals surface area contributed by atoms with Crippen molar-refractivity contribution in [2.75, 3.05) is 6.61 Å². The molecule has 3 unspecified atom stereocenters. The van der Waals surface area contributed by atoms with E-state index in [1.54, 1.807) is 0 Å². The first-order valence-electron chi connectivity index (χ1n) is 22.0. The fourth-order valence-corrected chi connectivity index (χ4v) is 7.61. The van der Waals surface area contributed by atoms with Gasteiger partial charge in [-0.25, -0.2) is 0 Å². The van der Waals surface area contributed by atoms with Crippen LogP contribution in [0, 0.1) is 0 Å². The minimum Gasteiger partial charge on any atom is -0.420 e. The van der Waals surface area contributed by atoms with Crippen molar-refractivity contribution in [1.29, 1.82) is 0 Å². The van der Waals surface area contributed by atoms with Crippen molar-refractivity contribution in [3.8, 4) is 0 Å². The summed E-state index contributed by atoms with van der Waals surface area (Å²) in [4.78, 5) is 25.9. The molecule has 3 atom stereocenters. The van der Waals surface area contributed by atoms with Crippen molar-refractivity contribution in [2.24, 2.45) is 0 Å². The molecule has 0 aromatic carbocycles. The Hall–Kier alpha value is -0.388. The number of amides is 2. The number of carbonyl (C=O) groups excluding carboxylic acids is 2. The Labute approximate surface area is 318 Å². The number of hydrogen-bond donors (Lipinski definition) is 2. The number of hydrogen-bond acceptors (Lipinski definition) is 3. The van der Waals surface area contributed by atoms with Gasteiger partial charge in [-0.15, -0.1) is 8.79 Å². The van der Waals surface area contributed by atoms with E-state index in [-0.39, 0.29) is 23.9 Å². The van der Waals surface area contributed by atoms with Crippen LogP contribution in [0.15, 0.2) is 0 Å². The lowest BCUT2D eigenvalue weighted by molar-refractivity contribution is -0.123. The molecule has 0 aliphatic rings. The molecule has 0 saturated carbocycles. The Kier molecular flexibility index (Phi) is 39.5. The average Bonchev–Trinajstić information content (AvgIpc) is 3.10. The molecular formula is C42H85BN2O3PSi. The zero-order valence-electron chi connectivity index (χ0n) is 33.8. The van der Waals surface area contributed by atoms with Crippen LogP contribution < -0.4 is 10.6 Å². The summed E-state index contributed by atoms with van der Waals surface area (Å²) in [5.41, 5.74) is 0. The zero-order valence-corrected chi connectivity index (χ0v) is 35.9. The monoisotopic (exact) mass is 736 g/mol. The summed E-state index contributed by atoms with van der Waals surface area (Å²) in [6.07, 6.45) is 41.0. The van der Waals surface area contributed by atoms with Crippen LogP contribution in [0.3, 0.4) is 0 Å². The van der Waals surface area contributed by atoms with Gasteiger partial charge in [0.2, 0.25) is 11.8 Å². The SMILES string of the molecule is [B][Si](P)OCC(CCC(CCCCCCCCC)NC(=O)CCCCCCCCCCCCC)NC(=O)CCCCCCCCCCCCC. The van der Waals surface area contributed by atoms with Crippen LogP contribution in [-0.2, 0) is 14.0 Å². The Morgan fingerprint density at radius 3 is 1.14 bits per heavy atom. The molecule has 0 spiro atoms. The number of rotatable bonds is 40. The van der Waals surface area contributed by atoms with Crippen molar-refractivity contribution in [2.45, 2.75) is 251 Å². The van der Waals surface area contributed by atoms with Crippen molar-refractivity contribution in [3.05, 3.63) is 0 Å². The van der Waals surface area contributed by atoms with Gasteiger partial charge in [0.1, 0.15) is 0 Å². The minimum absolute atomic E-state index is 0.0700. The highest BCUT2D eigenvalue weighted by Gasteiger charge is 2.18. The van der Waals surface area contributed by atoms with E-state index in [4.69, 9.17) is 11.9 Å². The van der Waals surface area contributed by atoms with E-state index in [9.17, 15) is 9.59 Å². The first kappa shape index (κ1) is 49.6. The third kappa shape index (κ3) is 37.4. The van der Waals surface area contributed by atoms with E-state index in [2.05, 4.69) is 40.2 Å². The highest BCUT2D eigenvalue weighted by atomic mass is 31.3. The second-order valence-corrected chi connectivity index (χ2v) is 18.1. The largest absolute Gasteiger partial charge is 0.420 e. The van der Waals surface area contributed by atoms with Gasteiger partial charge >= 0.3 is 0 Å². The summed E-state index contributed by atoms with van der Waals surface area (Å²) in [5.74, 6) is 0.313. The lowest BCUT2D eigenvalue weighted by Gasteiger charge is -2.24. The maximum absolute atomic E-state index is 13.0. The molecule has 2 amide bonds. The van der Waals surface area contributed by atoms with Gasteiger partial charge in [0.25, 0.3) is 0 Å². The van der Waals surface area contributed by atoms with Gasteiger partial charge < -0.3 is 15.1 Å². The van der Waals surface area contributed by atoms with Gasteiger partial charge in [0, 0.05) is 18.9 Å². The Bertz CT molecular complexity index is 733. The molecule has 0 aliphatic carbocycles. The van der Waals surface area contributed by atoms with Crippen molar-refractivity contribution in [1.82, 2.24) is 10.6 Å². The molecular weight excluding hydrogens is 650 g/mol. The van der Waals surface area contributed by atoms with Gasteiger partial charge in [0.15, 0.2) is 8.58 Å². The molecule has 0 saturated heterocycles. The molecule has 0 aliphatic heterocycles. The zero-order chi connectivity index (χ0) is 36.8. The third-order valence-electron chi connectivity index (χ3n) is 10.2. The van der Waals surface area contributed by atoms with Crippen LogP contribution in [0.1, 0.15) is 239 Å². The molecule has 8 heteroatoms. The topological polar surface area (TPSA) is 67.4 Å². The van der Waals surface area contributed by atoms with Crippen molar-refractivity contribution in [3.63, 3.8) is 0 Å². The van der Waals surface area contributed by atoms with Crippen LogP contribution >= 0.6 is 8.79 Å². The summed E-state index contributed by atoms with van der Waals surface area (Å²) in [5, 5.41) is 6.66. The standard InChI is InChI=1S/C42H85BN2O3PSi/c1-4-7-10-13-16-18-20-22-25-28-31-34-41(46)44-39(33-30-27-24-15-12-9-6-3)36-37-40(38-48-50(43)49)45-42(47)35-32-29-26-23-21-19-17-14-11-8-5-2/h39-40H,4-38,49H2,1-3H3,(H,44,46)(H,45,47). The quantitative estimate of drug-likeness (QED) is 0.0374. The lowest BCUT2D eigenvalue weighted by atomic mass is 9.99. The van der Waals surface area contributed by atoms with Crippen molar-refractivity contribution < 1.29 is 14.0 Å². The number of carbonyl (C=O) groups is 2. The summed E-state index contributed by atoms with van der Waals surface area (Å²) in [6, 6.07) is 0.0787. The van der Waals surface area contributed by atoms with Gasteiger partial charge in [-0.05, 0) is 32.1 Å². The predicted octanol–water partition coefficient (Wildman–Crippen LogP) is 12.3. The fourth-order valence-electron chi connectivity index (χ4n) is 6.93. The van der Waals surface area contributed by atoms with E-state index in [1.807, 2.05) is 0 Å². The molecule has 293 valence electrons. The molecule has 50 heavy (non-hydrogen) atoms. The molecule has 0 fully saturated rings. The van der Waals surface area contributed by atoms with Crippen LogP contribution in [0.25, 0.3) is 0 Å². The average molecular weight is 736 g/mol. The number of nitrogens with one attached hydrogen (secondary N) is 2. The number of unbranched alkanes of at least 4 members (excludes halogenated alkanes) is 26. The summed E-state index contributed by atoms with van der Waals surface area (Å²) >= 11 is 0. The van der Waals surface area contributed by atoms with E-state index in [0.29, 0.717) is 19.4 Å². The molecule has 0 bridgehead atoms. The molecule has 5 nitrogen and oxygen atoms in total. The van der Waals surface area contributed by atoms with Crippen molar-refractivity contribution >= 4 is 36.6 Å². The van der Waals surface area contributed by atoms with Gasteiger partial charge in [-0.1, -0.05) is 194 Å². The van der Waals surface area contributed by atoms with E-state index >= 15 is 0 Å². The molecule has 0 rings (SSSR count). The van der Waals surface area contributed by atoms with E-state index in [1.165, 1.54) is 154 Å². The summed E-state index contributed by atoms with van der Waals surface area (Å²) in [6.45, 7) is 7.24. The highest BCUT2D eigenvalue weighted by molar-refractivity contribution is 7.70. The fraction of sp³-hybridized carbons (Fsp3) is 0.952. The van der Waals surface area contributed by atoms with Gasteiger partial charge in [-0.3, -0.25) is 9.59 Å². The van der Waals surface area contributed by atoms with Gasteiger partial charge in [-0.2, -0.15) is 0 Å². The normalized spacial score (nSPS) is 12.7. The molecule has 0 aromatic heterocycles. The van der Waals surface area contributed by atoms with Crippen LogP contribution in [0.2, 0.25) is 0 Å². The Morgan fingerprint density at radius 1 is 0.480 bits per heavy atom. The molecule has 0 heterocycles. The molecule has 0 aromatic rings. The first-order chi connectivity index (χ1) is 24.4. The third-order valence-corrected chi connectivity index (χ3v) is 11.2. The summed E-state index contributed by atoms with van der Waals surface area (Å²) in [7, 11) is 7.15. The van der Waals surface area contributed by atoms with Gasteiger partial charge in [0.05, 0.1) is 20.1 Å². The molecule has 3 radical (unpaired) electrons. The van der Waals surface area contributed by atoms with Crippen LogP contribution in [-0.4, -0.2) is 46.5 Å². The Balaban J connectivity index is 4.62. The predicted molar refractivity (Wildman–Crippen MR) is 225 cm³/mol. The lowest BCUT2D eigenvalue weighted by Crippen LogP contribution is -2.41. The summed E-state index contributed by atoms with van der Waals surface area (Å²) < 4.78 is 5.84. The van der Waals surface area contributed by atoms with Crippen LogP contribution in [0.4, 0.5) is 0 Å². The van der Waals surface area contributed by atoms with Crippen LogP contribution in [0.5, 0.6) is 0 Å². The highest BCUT2D eigenvalue weighted by Crippen LogP contribution is 2.16. The smallest absolute Gasteiger partial charge is 0.220 e. The molecule has 2 N–H and O–H groups in total. The minimum atomic E-state index is -1.42. The maximum Gasteiger partial charge on any atom is 0.220 e. The maximum atomic E-state index is 13.0. The van der Waals surface area contributed by atoms with E-state index in [0.717, 1.165) is 51.4 Å². The van der Waals surface area contributed by atoms with E-state index < -0.39 is 8.58 Å². The first-order valence-corrected chi connectivity index (χ1v) is 25.3. The second kappa shape index (κ2) is 39.8. The second-order valence-electron chi connectivity index (χ2n) is 15.3.